The van der Waals surface area contributed by atoms with Crippen molar-refractivity contribution in [3.63, 3.8) is 0 Å². The molecule has 1 aliphatic rings. The third kappa shape index (κ3) is 3.64. The molecule has 1 atom stereocenters. The molecule has 31 heavy (non-hydrogen) atoms. The number of nitrogen functional groups attached to an aromatic ring is 1. The molecule has 2 aromatic carbocycles. The van der Waals surface area contributed by atoms with Gasteiger partial charge >= 0.3 is 0 Å². The fraction of sp³-hybridized carbons (Fsp3) is 0.200. The first-order valence-electron chi connectivity index (χ1n) is 10.3. The van der Waals surface area contributed by atoms with Crippen LogP contribution in [-0.4, -0.2) is 18.0 Å². The minimum absolute atomic E-state index is 0.245. The number of pyridine rings is 1. The number of benzene rings is 2. The Bertz CT molecular complexity index is 1270. The van der Waals surface area contributed by atoms with Gasteiger partial charge in [0.25, 0.3) is 5.91 Å². The van der Waals surface area contributed by atoms with E-state index in [1.165, 1.54) is 22.5 Å². The molecule has 5 nitrogen and oxygen atoms in total. The molecule has 0 fully saturated rings. The van der Waals surface area contributed by atoms with Crippen LogP contribution in [-0.2, 0) is 12.8 Å². The molecule has 1 amide bonds. The maximum atomic E-state index is 13.0. The number of methoxy groups -OCH3 is 1. The second-order valence-corrected chi connectivity index (χ2v) is 8.80. The number of thiophene rings is 1. The van der Waals surface area contributed by atoms with Crippen LogP contribution in [0.2, 0.25) is 0 Å². The van der Waals surface area contributed by atoms with Crippen LogP contribution in [0.5, 0.6) is 5.75 Å². The molecule has 156 valence electrons. The van der Waals surface area contributed by atoms with Gasteiger partial charge in [-0.3, -0.25) is 4.79 Å². The van der Waals surface area contributed by atoms with Gasteiger partial charge in [-0.1, -0.05) is 42.5 Å². The van der Waals surface area contributed by atoms with Crippen LogP contribution in [0.15, 0.2) is 60.7 Å². The number of amides is 1. The zero-order valence-corrected chi connectivity index (χ0v) is 18.0. The summed E-state index contributed by atoms with van der Waals surface area (Å²) in [5.74, 6) is 0.849. The van der Waals surface area contributed by atoms with Crippen LogP contribution >= 0.6 is 11.3 Å². The lowest BCUT2D eigenvalue weighted by Crippen LogP contribution is -2.14. The summed E-state index contributed by atoms with van der Waals surface area (Å²) in [6, 6.07) is 20.1. The molecule has 2 aromatic heterocycles. The van der Waals surface area contributed by atoms with E-state index in [1.807, 2.05) is 18.2 Å². The maximum Gasteiger partial charge on any atom is 0.268 e. The summed E-state index contributed by atoms with van der Waals surface area (Å²) in [4.78, 5) is 19.2. The van der Waals surface area contributed by atoms with Gasteiger partial charge in [0.05, 0.1) is 18.5 Å². The second kappa shape index (κ2) is 8.04. The lowest BCUT2D eigenvalue weighted by molar-refractivity contribution is 0.103. The Morgan fingerprint density at radius 1 is 1.16 bits per heavy atom. The minimum atomic E-state index is -0.245. The summed E-state index contributed by atoms with van der Waals surface area (Å²) >= 11 is 1.35. The second-order valence-electron chi connectivity index (χ2n) is 7.80. The number of nitrogens with zero attached hydrogens (tertiary/aromatic N) is 1. The van der Waals surface area contributed by atoms with Crippen LogP contribution in [0, 0.1) is 0 Å². The number of anilines is 2. The van der Waals surface area contributed by atoms with Crippen molar-refractivity contribution in [2.45, 2.75) is 25.2 Å². The fourth-order valence-corrected chi connectivity index (χ4v) is 5.29. The molecule has 3 N–H and O–H groups in total. The van der Waals surface area contributed by atoms with E-state index in [0.717, 1.165) is 35.2 Å². The number of carbonyl (C=O) groups is 1. The van der Waals surface area contributed by atoms with Gasteiger partial charge in [0.1, 0.15) is 15.5 Å². The van der Waals surface area contributed by atoms with E-state index >= 15 is 0 Å². The Labute approximate surface area is 184 Å². The summed E-state index contributed by atoms with van der Waals surface area (Å²) in [7, 11) is 1.58. The van der Waals surface area contributed by atoms with Crippen LogP contribution in [0.1, 0.15) is 38.8 Å². The Hall–Kier alpha value is -3.38. The fourth-order valence-electron chi connectivity index (χ4n) is 4.30. The number of nitrogens with one attached hydrogen (secondary N) is 1. The van der Waals surface area contributed by atoms with E-state index in [4.69, 9.17) is 15.5 Å². The number of aryl methyl sites for hydroxylation is 1. The highest BCUT2D eigenvalue weighted by Crippen LogP contribution is 2.39. The van der Waals surface area contributed by atoms with E-state index in [0.29, 0.717) is 27.9 Å². The third-order valence-electron chi connectivity index (χ3n) is 5.92. The van der Waals surface area contributed by atoms with Gasteiger partial charge in [-0.05, 0) is 54.5 Å². The lowest BCUT2D eigenvalue weighted by Gasteiger charge is -2.24. The standard InChI is InChI=1S/C25H23N3O2S/c1-30-21-10-6-5-9-20(21)27-24(29)23-22(26)18-14-17-13-16(15-7-3-2-4-8-15)11-12-19(17)28-25(18)31-23/h2-10,14,16H,11-13,26H2,1H3,(H,27,29). The number of nitrogens with two attached hydrogens (primary N) is 1. The number of para-hydroxylation sites is 2. The number of carbonyl (C=O) groups excluding carboxylic acids is 1. The van der Waals surface area contributed by atoms with E-state index < -0.39 is 0 Å². The number of hydrogen-bond acceptors (Lipinski definition) is 5. The van der Waals surface area contributed by atoms with Gasteiger partial charge in [0.15, 0.2) is 0 Å². The molecule has 4 aromatic rings. The smallest absolute Gasteiger partial charge is 0.268 e. The maximum absolute atomic E-state index is 13.0. The summed E-state index contributed by atoms with van der Waals surface area (Å²) < 4.78 is 5.33. The van der Waals surface area contributed by atoms with Crippen LogP contribution < -0.4 is 15.8 Å². The Kier molecular flexibility index (Phi) is 5.08. The van der Waals surface area contributed by atoms with Crippen molar-refractivity contribution in [1.82, 2.24) is 4.98 Å². The molecule has 0 spiro atoms. The van der Waals surface area contributed by atoms with Crippen LogP contribution in [0.4, 0.5) is 11.4 Å². The van der Waals surface area contributed by atoms with Crippen molar-refractivity contribution < 1.29 is 9.53 Å². The summed E-state index contributed by atoms with van der Waals surface area (Å²) in [6.45, 7) is 0. The molecule has 0 saturated carbocycles. The quantitative estimate of drug-likeness (QED) is 0.455. The first kappa shape index (κ1) is 19.6. The molecular formula is C25H23N3O2S. The summed E-state index contributed by atoms with van der Waals surface area (Å²) in [5.41, 5.74) is 11.2. The van der Waals surface area contributed by atoms with E-state index in [9.17, 15) is 4.79 Å². The largest absolute Gasteiger partial charge is 0.495 e. The van der Waals surface area contributed by atoms with Crippen molar-refractivity contribution in [2.75, 3.05) is 18.2 Å². The van der Waals surface area contributed by atoms with Crippen molar-refractivity contribution >= 4 is 38.8 Å². The molecule has 5 rings (SSSR count). The summed E-state index contributed by atoms with van der Waals surface area (Å²) in [5, 5.41) is 3.78. The Balaban J connectivity index is 1.46. The minimum Gasteiger partial charge on any atom is -0.495 e. The predicted octanol–water partition coefficient (Wildman–Crippen LogP) is 5.41. The van der Waals surface area contributed by atoms with E-state index in [-0.39, 0.29) is 5.91 Å². The first-order chi connectivity index (χ1) is 15.1. The first-order valence-corrected chi connectivity index (χ1v) is 11.2. The number of aromatic nitrogens is 1. The predicted molar refractivity (Wildman–Crippen MR) is 126 cm³/mol. The zero-order valence-electron chi connectivity index (χ0n) is 17.2. The van der Waals surface area contributed by atoms with E-state index in [1.54, 1.807) is 13.2 Å². The van der Waals surface area contributed by atoms with Gasteiger partial charge in [0, 0.05) is 11.1 Å². The Morgan fingerprint density at radius 2 is 1.94 bits per heavy atom. The average Bonchev–Trinajstić information content (AvgIpc) is 3.13. The highest BCUT2D eigenvalue weighted by molar-refractivity contribution is 7.21. The van der Waals surface area contributed by atoms with Crippen molar-refractivity contribution in [1.29, 1.82) is 0 Å². The highest BCUT2D eigenvalue weighted by Gasteiger charge is 2.24. The van der Waals surface area contributed by atoms with Crippen molar-refractivity contribution in [3.8, 4) is 5.75 Å². The molecule has 1 aliphatic carbocycles. The summed E-state index contributed by atoms with van der Waals surface area (Å²) in [6.07, 6.45) is 2.96. The van der Waals surface area contributed by atoms with Gasteiger partial charge in [0.2, 0.25) is 0 Å². The SMILES string of the molecule is COc1ccccc1NC(=O)c1sc2nc3c(cc2c1N)CC(c1ccccc1)CC3. The van der Waals surface area contributed by atoms with Gasteiger partial charge < -0.3 is 15.8 Å². The van der Waals surface area contributed by atoms with Crippen LogP contribution in [0.3, 0.4) is 0 Å². The molecular weight excluding hydrogens is 406 g/mol. The number of hydrogen-bond donors (Lipinski definition) is 2. The van der Waals surface area contributed by atoms with Crippen LogP contribution in [0.25, 0.3) is 10.2 Å². The molecule has 0 aliphatic heterocycles. The van der Waals surface area contributed by atoms with Crippen molar-refractivity contribution in [2.24, 2.45) is 0 Å². The van der Waals surface area contributed by atoms with Gasteiger partial charge in [-0.15, -0.1) is 11.3 Å². The van der Waals surface area contributed by atoms with E-state index in [2.05, 4.69) is 41.7 Å². The number of fused-ring (bicyclic) bond motifs is 2. The average molecular weight is 430 g/mol. The zero-order chi connectivity index (χ0) is 21.4. The molecule has 6 heteroatoms. The Morgan fingerprint density at radius 3 is 2.74 bits per heavy atom. The van der Waals surface area contributed by atoms with Gasteiger partial charge in [-0.25, -0.2) is 4.98 Å². The number of rotatable bonds is 4. The molecule has 0 bridgehead atoms. The molecule has 0 radical (unpaired) electrons. The number of ether oxygens (including phenoxy) is 1. The lowest BCUT2D eigenvalue weighted by atomic mass is 9.82. The topological polar surface area (TPSA) is 77.2 Å². The normalized spacial score (nSPS) is 15.5. The molecule has 0 saturated heterocycles. The molecule has 1 unspecified atom stereocenters. The van der Waals surface area contributed by atoms with Crippen molar-refractivity contribution in [3.05, 3.63) is 82.4 Å². The molecule has 2 heterocycles. The van der Waals surface area contributed by atoms with Gasteiger partial charge in [-0.2, -0.15) is 0 Å². The third-order valence-corrected chi connectivity index (χ3v) is 7.03. The monoisotopic (exact) mass is 429 g/mol. The highest BCUT2D eigenvalue weighted by atomic mass is 32.1.